The molecule has 1 aliphatic carbocycles. The number of benzene rings is 3. The summed E-state index contributed by atoms with van der Waals surface area (Å²) in [6.07, 6.45) is 3.43. The molecule has 4 heteroatoms. The van der Waals surface area contributed by atoms with E-state index in [0.29, 0.717) is 29.5 Å². The summed E-state index contributed by atoms with van der Waals surface area (Å²) in [5.41, 5.74) is 4.31. The van der Waals surface area contributed by atoms with Gasteiger partial charge in [-0.3, -0.25) is 0 Å². The Morgan fingerprint density at radius 1 is 0.806 bits per heavy atom. The van der Waals surface area contributed by atoms with Crippen LogP contribution in [0, 0.1) is 35.1 Å². The van der Waals surface area contributed by atoms with Crippen LogP contribution in [0.25, 0.3) is 0 Å². The topological polar surface area (TPSA) is 0 Å². The van der Waals surface area contributed by atoms with E-state index < -0.39 is 23.3 Å². The highest BCUT2D eigenvalue weighted by Gasteiger charge is 2.25. The summed E-state index contributed by atoms with van der Waals surface area (Å²) in [5, 5.41) is 0. The van der Waals surface area contributed by atoms with E-state index in [-0.39, 0.29) is 5.92 Å². The van der Waals surface area contributed by atoms with Gasteiger partial charge in [0.25, 0.3) is 0 Å². The first kappa shape index (κ1) is 21.2. The van der Waals surface area contributed by atoms with Gasteiger partial charge in [0.15, 0.2) is 23.3 Å². The molecule has 0 fully saturated rings. The van der Waals surface area contributed by atoms with Crippen molar-refractivity contribution in [3.63, 3.8) is 0 Å². The first-order valence-electron chi connectivity index (χ1n) is 10.5. The number of fused-ring (bicyclic) bond motifs is 1. The van der Waals surface area contributed by atoms with Gasteiger partial charge in [-0.15, -0.1) is 0 Å². The molecule has 1 atom stereocenters. The zero-order valence-corrected chi connectivity index (χ0v) is 17.2. The minimum atomic E-state index is -0.922. The van der Waals surface area contributed by atoms with E-state index in [4.69, 9.17) is 0 Å². The maximum absolute atomic E-state index is 14.7. The van der Waals surface area contributed by atoms with Crippen LogP contribution in [-0.4, -0.2) is 0 Å². The van der Waals surface area contributed by atoms with Crippen molar-refractivity contribution in [1.82, 2.24) is 0 Å². The summed E-state index contributed by atoms with van der Waals surface area (Å²) in [4.78, 5) is 0. The average molecular weight is 422 g/mol. The quantitative estimate of drug-likeness (QED) is 0.319. The third-order valence-corrected chi connectivity index (χ3v) is 5.86. The summed E-state index contributed by atoms with van der Waals surface area (Å²) >= 11 is 0. The molecule has 0 radical (unpaired) electrons. The molecule has 31 heavy (non-hydrogen) atoms. The average Bonchev–Trinajstić information content (AvgIpc) is 2.77. The Hall–Kier alpha value is -3.06. The minimum absolute atomic E-state index is 0.0585. The van der Waals surface area contributed by atoms with Gasteiger partial charge in [-0.05, 0) is 84.2 Å². The summed E-state index contributed by atoms with van der Waals surface area (Å²) < 4.78 is 55.4. The SMILES string of the molecule is CCCc1ccc(C2CCc3cc(C#Cc4ccc(F)c(F)c4)ccc3C2)c(F)c1F. The summed E-state index contributed by atoms with van der Waals surface area (Å²) in [7, 11) is 0. The van der Waals surface area contributed by atoms with Crippen LogP contribution in [0.3, 0.4) is 0 Å². The Kier molecular flexibility index (Phi) is 6.13. The van der Waals surface area contributed by atoms with Gasteiger partial charge in [0, 0.05) is 11.1 Å². The monoisotopic (exact) mass is 422 g/mol. The number of aryl methyl sites for hydroxylation is 2. The summed E-state index contributed by atoms with van der Waals surface area (Å²) in [6, 6.07) is 12.8. The summed E-state index contributed by atoms with van der Waals surface area (Å²) in [6.45, 7) is 1.94. The summed E-state index contributed by atoms with van der Waals surface area (Å²) in [5.74, 6) is 2.53. The molecule has 1 unspecified atom stereocenters. The van der Waals surface area contributed by atoms with E-state index in [9.17, 15) is 17.6 Å². The third-order valence-electron chi connectivity index (χ3n) is 5.86. The number of rotatable bonds is 3. The normalized spacial score (nSPS) is 15.2. The number of hydrogen-bond acceptors (Lipinski definition) is 0. The van der Waals surface area contributed by atoms with Crippen molar-refractivity contribution >= 4 is 0 Å². The van der Waals surface area contributed by atoms with Gasteiger partial charge < -0.3 is 0 Å². The molecule has 0 bridgehead atoms. The Bertz CT molecular complexity index is 1180. The van der Waals surface area contributed by atoms with E-state index in [2.05, 4.69) is 11.8 Å². The van der Waals surface area contributed by atoms with Crippen LogP contribution in [0.15, 0.2) is 48.5 Å². The van der Waals surface area contributed by atoms with Crippen LogP contribution in [-0.2, 0) is 19.3 Å². The zero-order valence-electron chi connectivity index (χ0n) is 17.2. The van der Waals surface area contributed by atoms with E-state index >= 15 is 0 Å². The van der Waals surface area contributed by atoms with Crippen LogP contribution in [0.1, 0.15) is 59.1 Å². The van der Waals surface area contributed by atoms with Crippen LogP contribution < -0.4 is 0 Å². The molecule has 4 rings (SSSR count). The molecule has 0 aliphatic heterocycles. The number of hydrogen-bond donors (Lipinski definition) is 0. The molecule has 0 N–H and O–H groups in total. The fourth-order valence-corrected chi connectivity index (χ4v) is 4.20. The molecule has 3 aromatic carbocycles. The lowest BCUT2D eigenvalue weighted by atomic mass is 9.79. The smallest absolute Gasteiger partial charge is 0.162 e. The van der Waals surface area contributed by atoms with Crippen LogP contribution in [0.5, 0.6) is 0 Å². The molecule has 0 spiro atoms. The van der Waals surface area contributed by atoms with Gasteiger partial charge in [0.2, 0.25) is 0 Å². The molecule has 0 saturated heterocycles. The first-order valence-corrected chi connectivity index (χ1v) is 10.5. The zero-order chi connectivity index (χ0) is 22.0. The molecule has 0 aromatic heterocycles. The van der Waals surface area contributed by atoms with Crippen LogP contribution in [0.4, 0.5) is 17.6 Å². The van der Waals surface area contributed by atoms with Gasteiger partial charge >= 0.3 is 0 Å². The Morgan fingerprint density at radius 3 is 2.29 bits per heavy atom. The molecule has 1 aliphatic rings. The van der Waals surface area contributed by atoms with Gasteiger partial charge in [-0.1, -0.05) is 43.4 Å². The molecule has 0 saturated carbocycles. The molecule has 0 amide bonds. The van der Waals surface area contributed by atoms with Crippen molar-refractivity contribution in [2.45, 2.75) is 44.9 Å². The predicted octanol–water partition coefficient (Wildman–Crippen LogP) is 6.87. The van der Waals surface area contributed by atoms with Gasteiger partial charge in [-0.25, -0.2) is 17.6 Å². The van der Waals surface area contributed by atoms with E-state index in [1.54, 1.807) is 12.1 Å². The molecule has 0 nitrogen and oxygen atoms in total. The van der Waals surface area contributed by atoms with Gasteiger partial charge in [0.05, 0.1) is 0 Å². The van der Waals surface area contributed by atoms with Crippen molar-refractivity contribution < 1.29 is 17.6 Å². The lowest BCUT2D eigenvalue weighted by molar-refractivity contribution is 0.467. The molecular formula is C27H22F4. The largest absolute Gasteiger partial charge is 0.204 e. The molecule has 0 heterocycles. The second-order valence-corrected chi connectivity index (χ2v) is 7.99. The molecule has 158 valence electrons. The van der Waals surface area contributed by atoms with E-state index in [0.717, 1.165) is 48.1 Å². The fraction of sp³-hybridized carbons (Fsp3) is 0.259. The second-order valence-electron chi connectivity index (χ2n) is 7.99. The first-order chi connectivity index (χ1) is 15.0. The van der Waals surface area contributed by atoms with E-state index in [1.807, 2.05) is 25.1 Å². The maximum Gasteiger partial charge on any atom is 0.162 e. The lowest BCUT2D eigenvalue weighted by Crippen LogP contribution is -2.15. The maximum atomic E-state index is 14.7. The minimum Gasteiger partial charge on any atom is -0.204 e. The third kappa shape index (κ3) is 4.51. The highest BCUT2D eigenvalue weighted by Crippen LogP contribution is 2.35. The predicted molar refractivity (Wildman–Crippen MR) is 114 cm³/mol. The van der Waals surface area contributed by atoms with Crippen molar-refractivity contribution in [1.29, 1.82) is 0 Å². The van der Waals surface area contributed by atoms with Crippen LogP contribution in [0.2, 0.25) is 0 Å². The molecular weight excluding hydrogens is 400 g/mol. The fourth-order valence-electron chi connectivity index (χ4n) is 4.20. The Labute approximate surface area is 179 Å². The molecule has 3 aromatic rings. The lowest BCUT2D eigenvalue weighted by Gasteiger charge is -2.26. The van der Waals surface area contributed by atoms with Crippen molar-refractivity contribution in [2.24, 2.45) is 0 Å². The Balaban J connectivity index is 1.53. The van der Waals surface area contributed by atoms with Crippen molar-refractivity contribution in [3.05, 3.63) is 105 Å². The standard InChI is InChI=1S/C27H22F4/c1-2-3-19-11-12-23(27(31)26(19)30)22-10-9-20-14-17(6-8-21(20)16-22)4-5-18-7-13-24(28)25(29)15-18/h6-8,11-15,22H,2-3,9-10,16H2,1H3. The van der Waals surface area contributed by atoms with Crippen molar-refractivity contribution in [3.8, 4) is 11.8 Å². The van der Waals surface area contributed by atoms with Gasteiger partial charge in [0.1, 0.15) is 0 Å². The van der Waals surface area contributed by atoms with Crippen LogP contribution >= 0.6 is 0 Å². The number of halogens is 4. The van der Waals surface area contributed by atoms with Crippen molar-refractivity contribution in [2.75, 3.05) is 0 Å². The van der Waals surface area contributed by atoms with E-state index in [1.165, 1.54) is 6.07 Å². The van der Waals surface area contributed by atoms with Gasteiger partial charge in [-0.2, -0.15) is 0 Å². The highest BCUT2D eigenvalue weighted by atomic mass is 19.2. The second kappa shape index (κ2) is 8.98. The highest BCUT2D eigenvalue weighted by molar-refractivity contribution is 5.47. The Morgan fingerprint density at radius 2 is 1.55 bits per heavy atom.